The number of hydrogen-bond acceptors (Lipinski definition) is 2. The van der Waals surface area contributed by atoms with Crippen LogP contribution in [0.3, 0.4) is 0 Å². The molecule has 1 aromatic rings. The molecule has 0 bridgehead atoms. The zero-order valence-electron chi connectivity index (χ0n) is 13.3. The van der Waals surface area contributed by atoms with Crippen LogP contribution in [-0.2, 0) is 4.74 Å². The lowest BCUT2D eigenvalue weighted by Crippen LogP contribution is -2.31. The van der Waals surface area contributed by atoms with E-state index in [4.69, 9.17) is 4.74 Å². The van der Waals surface area contributed by atoms with Crippen LogP contribution in [0.2, 0.25) is 0 Å². The van der Waals surface area contributed by atoms with E-state index in [0.717, 1.165) is 36.8 Å². The van der Waals surface area contributed by atoms with Crippen LogP contribution in [0, 0.1) is 17.8 Å². The van der Waals surface area contributed by atoms with Crippen molar-refractivity contribution in [2.75, 3.05) is 26.8 Å². The Hall–Kier alpha value is -0.860. The lowest BCUT2D eigenvalue weighted by atomic mass is 9.85. The van der Waals surface area contributed by atoms with Crippen molar-refractivity contribution in [1.82, 2.24) is 5.32 Å². The molecule has 2 saturated carbocycles. The van der Waals surface area contributed by atoms with Crippen molar-refractivity contribution < 1.29 is 4.74 Å². The second kappa shape index (κ2) is 7.42. The molecular weight excluding hydrogens is 258 g/mol. The number of benzene rings is 1. The highest BCUT2D eigenvalue weighted by Gasteiger charge is 2.46. The Bertz CT molecular complexity index is 413. The van der Waals surface area contributed by atoms with E-state index in [1.165, 1.54) is 38.6 Å². The second-order valence-corrected chi connectivity index (χ2v) is 6.82. The van der Waals surface area contributed by atoms with Crippen LogP contribution in [0.5, 0.6) is 0 Å². The molecule has 1 N–H and O–H groups in total. The van der Waals surface area contributed by atoms with Crippen molar-refractivity contribution in [3.8, 4) is 0 Å². The molecule has 0 aromatic heterocycles. The molecule has 1 aromatic carbocycles. The van der Waals surface area contributed by atoms with E-state index in [2.05, 4.69) is 35.6 Å². The lowest BCUT2D eigenvalue weighted by Gasteiger charge is -2.24. The highest BCUT2D eigenvalue weighted by molar-refractivity contribution is 5.26. The molecule has 0 spiro atoms. The third kappa shape index (κ3) is 3.87. The summed E-state index contributed by atoms with van der Waals surface area (Å²) < 4.78 is 5.15. The maximum atomic E-state index is 5.15. The van der Waals surface area contributed by atoms with Gasteiger partial charge in [0.2, 0.25) is 0 Å². The molecule has 3 atom stereocenters. The molecule has 0 radical (unpaired) electrons. The van der Waals surface area contributed by atoms with Crippen LogP contribution >= 0.6 is 0 Å². The molecular formula is C19H29NO. The summed E-state index contributed by atoms with van der Waals surface area (Å²) in [4.78, 5) is 0. The summed E-state index contributed by atoms with van der Waals surface area (Å²) in [5.41, 5.74) is 1.56. The zero-order chi connectivity index (χ0) is 14.5. The van der Waals surface area contributed by atoms with E-state index in [1.807, 2.05) is 0 Å². The normalized spacial score (nSPS) is 26.9. The third-order valence-electron chi connectivity index (χ3n) is 5.49. The van der Waals surface area contributed by atoms with Crippen LogP contribution in [0.1, 0.15) is 43.6 Å². The first-order chi connectivity index (χ1) is 10.4. The van der Waals surface area contributed by atoms with Gasteiger partial charge in [-0.05, 0) is 42.2 Å². The minimum atomic E-state index is 0.820. The van der Waals surface area contributed by atoms with Gasteiger partial charge in [0.15, 0.2) is 0 Å². The molecule has 0 heterocycles. The van der Waals surface area contributed by atoms with E-state index in [1.54, 1.807) is 12.7 Å². The minimum Gasteiger partial charge on any atom is -0.383 e. The van der Waals surface area contributed by atoms with Crippen LogP contribution in [0.25, 0.3) is 0 Å². The van der Waals surface area contributed by atoms with E-state index < -0.39 is 0 Å². The van der Waals surface area contributed by atoms with Gasteiger partial charge in [-0.1, -0.05) is 56.0 Å². The Morgan fingerprint density at radius 1 is 1.19 bits per heavy atom. The van der Waals surface area contributed by atoms with Gasteiger partial charge in [-0.3, -0.25) is 0 Å². The van der Waals surface area contributed by atoms with E-state index in [0.29, 0.717) is 0 Å². The molecule has 3 unspecified atom stereocenters. The smallest absolute Gasteiger partial charge is 0.0587 e. The fourth-order valence-electron chi connectivity index (χ4n) is 4.27. The molecule has 2 aliphatic carbocycles. The van der Waals surface area contributed by atoms with Crippen LogP contribution in [0.15, 0.2) is 30.3 Å². The number of nitrogens with one attached hydrogen (secondary N) is 1. The largest absolute Gasteiger partial charge is 0.383 e. The van der Waals surface area contributed by atoms with Crippen LogP contribution < -0.4 is 5.32 Å². The predicted octanol–water partition coefficient (Wildman–Crippen LogP) is 3.83. The summed E-state index contributed by atoms with van der Waals surface area (Å²) in [6, 6.07) is 11.1. The van der Waals surface area contributed by atoms with Gasteiger partial charge >= 0.3 is 0 Å². The molecule has 0 aliphatic heterocycles. The second-order valence-electron chi connectivity index (χ2n) is 6.82. The maximum absolute atomic E-state index is 5.15. The Kier molecular flexibility index (Phi) is 5.32. The lowest BCUT2D eigenvalue weighted by molar-refractivity contribution is 0.192. The van der Waals surface area contributed by atoms with Crippen LogP contribution in [0.4, 0.5) is 0 Å². The molecule has 2 fully saturated rings. The number of methoxy groups -OCH3 is 1. The highest BCUT2D eigenvalue weighted by atomic mass is 16.5. The number of hydrogen-bond donors (Lipinski definition) is 1. The molecule has 0 amide bonds. The quantitative estimate of drug-likeness (QED) is 0.734. The van der Waals surface area contributed by atoms with Gasteiger partial charge < -0.3 is 10.1 Å². The molecule has 0 saturated heterocycles. The average Bonchev–Trinajstić information content (AvgIpc) is 3.13. The fraction of sp³-hybridized carbons (Fsp3) is 0.684. The SMILES string of the molecule is COCCNCC(C1CCCC1)C1CC1c1ccccc1. The van der Waals surface area contributed by atoms with Crippen molar-refractivity contribution in [2.45, 2.75) is 38.0 Å². The highest BCUT2D eigenvalue weighted by Crippen LogP contribution is 2.55. The number of rotatable bonds is 8. The first-order valence-corrected chi connectivity index (χ1v) is 8.64. The summed E-state index contributed by atoms with van der Waals surface area (Å²) in [5.74, 6) is 3.56. The third-order valence-corrected chi connectivity index (χ3v) is 5.49. The first-order valence-electron chi connectivity index (χ1n) is 8.64. The summed E-state index contributed by atoms with van der Waals surface area (Å²) >= 11 is 0. The van der Waals surface area contributed by atoms with Gasteiger partial charge in [0.05, 0.1) is 6.61 Å². The summed E-state index contributed by atoms with van der Waals surface area (Å²) in [7, 11) is 1.78. The molecule has 2 aliphatic rings. The van der Waals surface area contributed by atoms with E-state index in [-0.39, 0.29) is 0 Å². The monoisotopic (exact) mass is 287 g/mol. The van der Waals surface area contributed by atoms with E-state index >= 15 is 0 Å². The summed E-state index contributed by atoms with van der Waals surface area (Å²) in [5, 5.41) is 3.63. The standard InChI is InChI=1S/C19H29NO/c1-21-12-11-20-14-19(16-9-5-6-10-16)18-13-17(18)15-7-3-2-4-8-15/h2-4,7-8,16-20H,5-6,9-14H2,1H3. The van der Waals surface area contributed by atoms with Crippen LogP contribution in [-0.4, -0.2) is 26.8 Å². The van der Waals surface area contributed by atoms with Gasteiger partial charge in [0, 0.05) is 13.7 Å². The van der Waals surface area contributed by atoms with Crippen molar-refractivity contribution in [3.63, 3.8) is 0 Å². The Labute approximate surface area is 129 Å². The van der Waals surface area contributed by atoms with Gasteiger partial charge in [-0.15, -0.1) is 0 Å². The van der Waals surface area contributed by atoms with Gasteiger partial charge in [0.1, 0.15) is 0 Å². The van der Waals surface area contributed by atoms with Crippen molar-refractivity contribution in [1.29, 1.82) is 0 Å². The molecule has 2 nitrogen and oxygen atoms in total. The molecule has 3 rings (SSSR count). The Morgan fingerprint density at radius 2 is 1.95 bits per heavy atom. The Balaban J connectivity index is 1.57. The number of ether oxygens (including phenoxy) is 1. The minimum absolute atomic E-state index is 0.820. The van der Waals surface area contributed by atoms with Crippen molar-refractivity contribution >= 4 is 0 Å². The topological polar surface area (TPSA) is 21.3 Å². The molecule has 2 heteroatoms. The van der Waals surface area contributed by atoms with Gasteiger partial charge in [-0.2, -0.15) is 0 Å². The molecule has 116 valence electrons. The average molecular weight is 287 g/mol. The van der Waals surface area contributed by atoms with Gasteiger partial charge in [0.25, 0.3) is 0 Å². The zero-order valence-corrected chi connectivity index (χ0v) is 13.3. The maximum Gasteiger partial charge on any atom is 0.0587 e. The van der Waals surface area contributed by atoms with Gasteiger partial charge in [-0.25, -0.2) is 0 Å². The Morgan fingerprint density at radius 3 is 2.67 bits per heavy atom. The molecule has 21 heavy (non-hydrogen) atoms. The summed E-state index contributed by atoms with van der Waals surface area (Å²) in [6.07, 6.45) is 7.20. The van der Waals surface area contributed by atoms with E-state index in [9.17, 15) is 0 Å². The fourth-order valence-corrected chi connectivity index (χ4v) is 4.27. The first kappa shape index (κ1) is 15.1. The van der Waals surface area contributed by atoms with Crippen molar-refractivity contribution in [2.24, 2.45) is 17.8 Å². The van der Waals surface area contributed by atoms with Crippen molar-refractivity contribution in [3.05, 3.63) is 35.9 Å². The summed E-state index contributed by atoms with van der Waals surface area (Å²) in [6.45, 7) is 2.99. The predicted molar refractivity (Wildman–Crippen MR) is 87.5 cm³/mol.